The normalized spacial score (nSPS) is 9.62. The van der Waals surface area contributed by atoms with Crippen molar-refractivity contribution in [2.75, 3.05) is 0 Å². The fourth-order valence-electron chi connectivity index (χ4n) is 1.22. The fraction of sp³-hybridized carbons (Fsp3) is 0.100. The molecule has 0 saturated carbocycles. The van der Waals surface area contributed by atoms with E-state index in [1.54, 1.807) is 0 Å². The van der Waals surface area contributed by atoms with Crippen molar-refractivity contribution >= 4 is 29.8 Å². The summed E-state index contributed by atoms with van der Waals surface area (Å²) in [6.07, 6.45) is 0. The summed E-state index contributed by atoms with van der Waals surface area (Å²) in [4.78, 5) is 11.1. The Morgan fingerprint density at radius 1 is 1.31 bits per heavy atom. The molecule has 0 unspecified atom stereocenters. The third-order valence-electron chi connectivity index (χ3n) is 1.95. The predicted octanol–water partition coefficient (Wildman–Crippen LogP) is 2.55. The average Bonchev–Trinajstić information content (AvgIpc) is 2.61. The summed E-state index contributed by atoms with van der Waals surface area (Å²) < 4.78 is 1.43. The van der Waals surface area contributed by atoms with Crippen LogP contribution in [0.4, 0.5) is 0 Å². The molecule has 2 aromatic rings. The van der Waals surface area contributed by atoms with E-state index >= 15 is 0 Å². The monoisotopic (exact) mass is 257 g/mol. The minimum Gasteiger partial charge on any atom is -0.293 e. The molecule has 0 radical (unpaired) electrons. The molecular formula is C10H9Cl2N3O. The summed E-state index contributed by atoms with van der Waals surface area (Å²) >= 11 is 5.97. The zero-order valence-corrected chi connectivity index (χ0v) is 10.00. The lowest BCUT2D eigenvalue weighted by Crippen LogP contribution is -1.97. The summed E-state index contributed by atoms with van der Waals surface area (Å²) in [6.45, 7) is 1.41. The molecule has 16 heavy (non-hydrogen) atoms. The standard InChI is InChI=1S/C10H8ClN3O.ClH/c1-7(15)9-10(11)14(13-12-9)8-5-3-2-4-6-8;/h2-6H,1H3;1H. The quantitative estimate of drug-likeness (QED) is 0.777. The molecule has 0 aliphatic carbocycles. The van der Waals surface area contributed by atoms with Crippen molar-refractivity contribution in [3.63, 3.8) is 0 Å². The third-order valence-corrected chi connectivity index (χ3v) is 2.29. The second-order valence-corrected chi connectivity index (χ2v) is 3.39. The van der Waals surface area contributed by atoms with Gasteiger partial charge in [0.25, 0.3) is 0 Å². The molecule has 2 rings (SSSR count). The Morgan fingerprint density at radius 2 is 1.94 bits per heavy atom. The number of nitrogens with zero attached hydrogens (tertiary/aromatic N) is 3. The molecular weight excluding hydrogens is 249 g/mol. The number of hydrogen-bond donors (Lipinski definition) is 0. The second-order valence-electron chi connectivity index (χ2n) is 3.03. The van der Waals surface area contributed by atoms with Crippen molar-refractivity contribution < 1.29 is 4.79 Å². The summed E-state index contributed by atoms with van der Waals surface area (Å²) in [5.74, 6) is -0.192. The molecule has 4 nitrogen and oxygen atoms in total. The van der Waals surface area contributed by atoms with Gasteiger partial charge < -0.3 is 0 Å². The molecule has 0 atom stereocenters. The van der Waals surface area contributed by atoms with Gasteiger partial charge in [0.1, 0.15) is 0 Å². The van der Waals surface area contributed by atoms with Crippen molar-refractivity contribution in [2.24, 2.45) is 0 Å². The van der Waals surface area contributed by atoms with Gasteiger partial charge in [-0.25, -0.2) is 4.68 Å². The zero-order valence-electron chi connectivity index (χ0n) is 8.42. The van der Waals surface area contributed by atoms with Crippen LogP contribution in [0.1, 0.15) is 17.4 Å². The van der Waals surface area contributed by atoms with E-state index in [0.717, 1.165) is 5.69 Å². The first kappa shape index (κ1) is 12.7. The van der Waals surface area contributed by atoms with Crippen LogP contribution >= 0.6 is 24.0 Å². The van der Waals surface area contributed by atoms with E-state index in [1.165, 1.54) is 11.6 Å². The van der Waals surface area contributed by atoms with Crippen molar-refractivity contribution in [1.82, 2.24) is 15.0 Å². The number of para-hydroxylation sites is 1. The van der Waals surface area contributed by atoms with E-state index in [0.29, 0.717) is 0 Å². The van der Waals surface area contributed by atoms with Crippen LogP contribution in [0.25, 0.3) is 5.69 Å². The van der Waals surface area contributed by atoms with Gasteiger partial charge in [0.15, 0.2) is 16.6 Å². The maximum absolute atomic E-state index is 11.1. The van der Waals surface area contributed by atoms with Crippen LogP contribution in [-0.4, -0.2) is 20.8 Å². The molecule has 1 heterocycles. The minimum atomic E-state index is -0.192. The molecule has 6 heteroatoms. The zero-order chi connectivity index (χ0) is 10.8. The number of carbonyl (C=O) groups is 1. The number of Topliss-reactive ketones (excluding diaryl/α,β-unsaturated/α-hetero) is 1. The van der Waals surface area contributed by atoms with E-state index in [2.05, 4.69) is 10.3 Å². The number of rotatable bonds is 2. The summed E-state index contributed by atoms with van der Waals surface area (Å²) in [7, 11) is 0. The van der Waals surface area contributed by atoms with Crippen LogP contribution in [0.3, 0.4) is 0 Å². The molecule has 0 fully saturated rings. The Labute approximate surface area is 104 Å². The minimum absolute atomic E-state index is 0. The highest BCUT2D eigenvalue weighted by Crippen LogP contribution is 2.17. The lowest BCUT2D eigenvalue weighted by molar-refractivity contribution is 0.101. The Kier molecular flexibility index (Phi) is 4.04. The van der Waals surface area contributed by atoms with Crippen molar-refractivity contribution in [3.8, 4) is 5.69 Å². The van der Waals surface area contributed by atoms with E-state index < -0.39 is 0 Å². The van der Waals surface area contributed by atoms with Crippen LogP contribution in [-0.2, 0) is 0 Å². The van der Waals surface area contributed by atoms with Gasteiger partial charge in [-0.05, 0) is 12.1 Å². The first-order chi connectivity index (χ1) is 7.20. The Hall–Kier alpha value is -1.39. The first-order valence-corrected chi connectivity index (χ1v) is 4.75. The van der Waals surface area contributed by atoms with Crippen LogP contribution in [0, 0.1) is 0 Å². The number of benzene rings is 1. The summed E-state index contributed by atoms with van der Waals surface area (Å²) in [5.41, 5.74) is 0.975. The third kappa shape index (κ3) is 2.23. The van der Waals surface area contributed by atoms with Gasteiger partial charge in [-0.2, -0.15) is 0 Å². The fourth-order valence-corrected chi connectivity index (χ4v) is 1.52. The number of carbonyl (C=O) groups excluding carboxylic acids is 1. The number of hydrogen-bond acceptors (Lipinski definition) is 3. The topological polar surface area (TPSA) is 47.8 Å². The molecule has 84 valence electrons. The SMILES string of the molecule is CC(=O)c1nnn(-c2ccccc2)c1Cl.Cl. The number of ketones is 1. The maximum atomic E-state index is 11.1. The van der Waals surface area contributed by atoms with Crippen molar-refractivity contribution in [3.05, 3.63) is 41.2 Å². The van der Waals surface area contributed by atoms with Crippen molar-refractivity contribution in [2.45, 2.75) is 6.92 Å². The molecule has 0 aliphatic heterocycles. The smallest absolute Gasteiger partial charge is 0.183 e. The van der Waals surface area contributed by atoms with E-state index in [4.69, 9.17) is 11.6 Å². The average molecular weight is 258 g/mol. The maximum Gasteiger partial charge on any atom is 0.183 e. The highest BCUT2D eigenvalue weighted by atomic mass is 35.5. The predicted molar refractivity (Wildman–Crippen MR) is 63.6 cm³/mol. The highest BCUT2D eigenvalue weighted by Gasteiger charge is 2.14. The van der Waals surface area contributed by atoms with Crippen molar-refractivity contribution in [1.29, 1.82) is 0 Å². The van der Waals surface area contributed by atoms with Crippen LogP contribution < -0.4 is 0 Å². The lowest BCUT2D eigenvalue weighted by atomic mass is 10.3. The molecule has 0 spiro atoms. The molecule has 1 aromatic carbocycles. The van der Waals surface area contributed by atoms with Gasteiger partial charge in [0.05, 0.1) is 5.69 Å². The van der Waals surface area contributed by atoms with E-state index in [-0.39, 0.29) is 29.0 Å². The Morgan fingerprint density at radius 3 is 2.44 bits per heavy atom. The first-order valence-electron chi connectivity index (χ1n) is 4.37. The van der Waals surface area contributed by atoms with Gasteiger partial charge in [0.2, 0.25) is 0 Å². The van der Waals surface area contributed by atoms with Crippen LogP contribution in [0.2, 0.25) is 5.15 Å². The molecule has 0 N–H and O–H groups in total. The molecule has 0 bridgehead atoms. The number of aromatic nitrogens is 3. The summed E-state index contributed by atoms with van der Waals surface area (Å²) in [6, 6.07) is 9.29. The van der Waals surface area contributed by atoms with Crippen LogP contribution in [0.5, 0.6) is 0 Å². The molecule has 0 amide bonds. The Balaban J connectivity index is 0.00000128. The van der Waals surface area contributed by atoms with Gasteiger partial charge in [-0.15, -0.1) is 17.5 Å². The van der Waals surface area contributed by atoms with E-state index in [9.17, 15) is 4.79 Å². The van der Waals surface area contributed by atoms with Gasteiger partial charge in [0, 0.05) is 6.92 Å². The lowest BCUT2D eigenvalue weighted by Gasteiger charge is -2.00. The Bertz CT molecular complexity index is 496. The molecule has 0 saturated heterocycles. The highest BCUT2D eigenvalue weighted by molar-refractivity contribution is 6.32. The van der Waals surface area contributed by atoms with Gasteiger partial charge in [-0.3, -0.25) is 4.79 Å². The van der Waals surface area contributed by atoms with E-state index in [1.807, 2.05) is 30.3 Å². The second kappa shape index (κ2) is 5.09. The van der Waals surface area contributed by atoms with Crippen LogP contribution in [0.15, 0.2) is 30.3 Å². The largest absolute Gasteiger partial charge is 0.293 e. The van der Waals surface area contributed by atoms with Gasteiger partial charge in [-0.1, -0.05) is 35.0 Å². The molecule has 1 aromatic heterocycles. The van der Waals surface area contributed by atoms with Gasteiger partial charge >= 0.3 is 0 Å². The summed E-state index contributed by atoms with van der Waals surface area (Å²) in [5, 5.41) is 7.79. The molecule has 0 aliphatic rings. The number of halogens is 2.